The summed E-state index contributed by atoms with van der Waals surface area (Å²) in [5.41, 5.74) is 2.15. The maximum atomic E-state index is 14.0. The van der Waals surface area contributed by atoms with Crippen LogP contribution in [0.5, 0.6) is 0 Å². The van der Waals surface area contributed by atoms with Crippen LogP contribution in [-0.2, 0) is 6.54 Å². The van der Waals surface area contributed by atoms with Gasteiger partial charge >= 0.3 is 0 Å². The van der Waals surface area contributed by atoms with Crippen molar-refractivity contribution in [1.29, 1.82) is 5.26 Å². The number of halogens is 1. The molecule has 0 spiro atoms. The average Bonchev–Trinajstić information content (AvgIpc) is 3.19. The number of thiazole rings is 1. The van der Waals surface area contributed by atoms with Crippen LogP contribution in [0.1, 0.15) is 10.6 Å². The average molecular weight is 381 g/mol. The Hall–Kier alpha value is -2.89. The van der Waals surface area contributed by atoms with Crippen LogP contribution < -0.4 is 10.6 Å². The van der Waals surface area contributed by atoms with E-state index in [4.69, 9.17) is 0 Å². The van der Waals surface area contributed by atoms with Crippen molar-refractivity contribution < 1.29 is 4.39 Å². The van der Waals surface area contributed by atoms with Gasteiger partial charge < -0.3 is 10.6 Å². The Morgan fingerprint density at radius 3 is 2.85 bits per heavy atom. The van der Waals surface area contributed by atoms with E-state index < -0.39 is 5.82 Å². The van der Waals surface area contributed by atoms with E-state index in [2.05, 4.69) is 20.0 Å². The Kier molecular flexibility index (Phi) is 4.56. The molecule has 0 fully saturated rings. The molecule has 4 rings (SSSR count). The summed E-state index contributed by atoms with van der Waals surface area (Å²) in [6, 6.07) is 12.3. The summed E-state index contributed by atoms with van der Waals surface area (Å²) in [7, 11) is 0. The Bertz CT molecular complexity index is 1020. The molecule has 8 heteroatoms. The van der Waals surface area contributed by atoms with E-state index in [1.54, 1.807) is 29.7 Å². The topological polar surface area (TPSA) is 73.1 Å². The van der Waals surface area contributed by atoms with Crippen molar-refractivity contribution in [3.8, 4) is 17.2 Å². The highest BCUT2D eigenvalue weighted by Crippen LogP contribution is 2.40. The second-order valence-corrected chi connectivity index (χ2v) is 7.17. The fourth-order valence-electron chi connectivity index (χ4n) is 2.63. The number of anilines is 1. The number of hydrogen-bond acceptors (Lipinski definition) is 7. The number of nitrogens with one attached hydrogen (secondary N) is 2. The molecule has 0 amide bonds. The van der Waals surface area contributed by atoms with Gasteiger partial charge in [0.1, 0.15) is 16.9 Å². The lowest BCUT2D eigenvalue weighted by Crippen LogP contribution is -2.31. The molecule has 1 aliphatic heterocycles. The van der Waals surface area contributed by atoms with E-state index in [-0.39, 0.29) is 5.56 Å². The molecule has 0 bridgehead atoms. The van der Waals surface area contributed by atoms with Gasteiger partial charge in [0.2, 0.25) is 5.96 Å². The summed E-state index contributed by atoms with van der Waals surface area (Å²) in [5.74, 6) is 0.0712. The summed E-state index contributed by atoms with van der Waals surface area (Å²) in [6.45, 7) is 0.560. The van der Waals surface area contributed by atoms with Crippen molar-refractivity contribution in [2.45, 2.75) is 11.4 Å². The van der Waals surface area contributed by atoms with Crippen LogP contribution in [0.15, 0.2) is 57.3 Å². The fraction of sp³-hybridized carbons (Fsp3) is 0.0556. The Labute approximate surface area is 157 Å². The van der Waals surface area contributed by atoms with Crippen molar-refractivity contribution in [3.63, 3.8) is 0 Å². The highest BCUT2D eigenvalue weighted by molar-refractivity contribution is 7.98. The summed E-state index contributed by atoms with van der Waals surface area (Å²) in [5, 5.41) is 18.7. The molecular weight excluding hydrogens is 369 g/mol. The molecule has 0 unspecified atom stereocenters. The Morgan fingerprint density at radius 2 is 2.04 bits per heavy atom. The minimum absolute atomic E-state index is 0.0347. The quantitative estimate of drug-likeness (QED) is 0.658. The fourth-order valence-corrected chi connectivity index (χ4v) is 3.88. The van der Waals surface area contributed by atoms with Gasteiger partial charge in [0, 0.05) is 34.7 Å². The molecule has 2 aromatic carbocycles. The lowest BCUT2D eigenvalue weighted by atomic mass is 9.98. The molecule has 0 saturated heterocycles. The number of benzene rings is 2. The third-order valence-corrected chi connectivity index (χ3v) is 5.40. The van der Waals surface area contributed by atoms with Gasteiger partial charge in [-0.05, 0) is 12.1 Å². The minimum atomic E-state index is -0.526. The Morgan fingerprint density at radius 1 is 1.19 bits per heavy atom. The van der Waals surface area contributed by atoms with Gasteiger partial charge in [0.15, 0.2) is 0 Å². The molecular formula is C18H12FN5S2. The molecule has 0 radical (unpaired) electrons. The number of hydrogen-bond donors (Lipinski definition) is 2. The van der Waals surface area contributed by atoms with Crippen molar-refractivity contribution in [2.24, 2.45) is 4.40 Å². The van der Waals surface area contributed by atoms with E-state index in [0.717, 1.165) is 21.2 Å². The normalized spacial score (nSPS) is 12.5. The summed E-state index contributed by atoms with van der Waals surface area (Å²) in [6.07, 6.45) is 1.76. The summed E-state index contributed by atoms with van der Waals surface area (Å²) < 4.78 is 18.4. The second kappa shape index (κ2) is 7.15. The summed E-state index contributed by atoms with van der Waals surface area (Å²) >= 11 is 2.89. The molecule has 3 aromatic rings. The molecule has 1 aliphatic rings. The monoisotopic (exact) mass is 381 g/mol. The van der Waals surface area contributed by atoms with Crippen molar-refractivity contribution in [2.75, 3.05) is 5.32 Å². The maximum Gasteiger partial charge on any atom is 0.208 e. The third kappa shape index (κ3) is 3.14. The van der Waals surface area contributed by atoms with Crippen molar-refractivity contribution >= 4 is 34.9 Å². The second-order valence-electron chi connectivity index (χ2n) is 5.39. The lowest BCUT2D eigenvalue weighted by molar-refractivity contribution is 0.624. The first-order valence-corrected chi connectivity index (χ1v) is 9.38. The maximum absolute atomic E-state index is 14.0. The van der Waals surface area contributed by atoms with Crippen LogP contribution in [0.3, 0.4) is 0 Å². The van der Waals surface area contributed by atoms with Gasteiger partial charge in [-0.25, -0.2) is 9.37 Å². The molecule has 2 heterocycles. The number of guanidine groups is 1. The molecule has 26 heavy (non-hydrogen) atoms. The van der Waals surface area contributed by atoms with Crippen LogP contribution in [0.4, 0.5) is 10.1 Å². The van der Waals surface area contributed by atoms with Crippen LogP contribution >= 0.6 is 23.3 Å². The van der Waals surface area contributed by atoms with Gasteiger partial charge in [-0.15, -0.1) is 11.3 Å². The van der Waals surface area contributed by atoms with Gasteiger partial charge in [-0.1, -0.05) is 24.3 Å². The number of nitriles is 1. The standard InChI is InChI=1S/C18H12FN5S2/c19-14-5-1-3-11(13(14)9-20)12-4-2-6-15-17(12)23-18(24-26-15)22-10-16-21-7-8-25-16/h1-8H,10H2,(H2,22,23,24). The van der Waals surface area contributed by atoms with Gasteiger partial charge in [0.05, 0.1) is 22.7 Å². The van der Waals surface area contributed by atoms with Crippen LogP contribution in [0.2, 0.25) is 0 Å². The van der Waals surface area contributed by atoms with E-state index in [1.807, 2.05) is 29.6 Å². The SMILES string of the molecule is N#Cc1c(F)cccc1-c1cccc2c1NC(NCc1nccs1)=NS2. The number of fused-ring (bicyclic) bond motifs is 1. The molecule has 5 nitrogen and oxygen atoms in total. The minimum Gasteiger partial charge on any atom is -0.349 e. The van der Waals surface area contributed by atoms with E-state index in [9.17, 15) is 9.65 Å². The number of rotatable bonds is 3. The first kappa shape index (κ1) is 16.6. The van der Waals surface area contributed by atoms with Gasteiger partial charge in [0.25, 0.3) is 0 Å². The molecule has 0 saturated carbocycles. The van der Waals surface area contributed by atoms with E-state index in [0.29, 0.717) is 18.1 Å². The Balaban J connectivity index is 1.66. The highest BCUT2D eigenvalue weighted by Gasteiger charge is 2.20. The molecule has 0 aliphatic carbocycles. The van der Waals surface area contributed by atoms with Crippen LogP contribution in [-0.4, -0.2) is 10.9 Å². The first-order chi connectivity index (χ1) is 12.8. The summed E-state index contributed by atoms with van der Waals surface area (Å²) in [4.78, 5) is 5.14. The molecule has 128 valence electrons. The number of nitrogens with zero attached hydrogens (tertiary/aromatic N) is 3. The van der Waals surface area contributed by atoms with E-state index in [1.165, 1.54) is 18.0 Å². The lowest BCUT2D eigenvalue weighted by Gasteiger charge is -2.21. The van der Waals surface area contributed by atoms with Gasteiger partial charge in [-0.2, -0.15) is 9.66 Å². The first-order valence-electron chi connectivity index (χ1n) is 7.72. The predicted octanol–water partition coefficient (Wildman–Crippen LogP) is 4.40. The number of para-hydroxylation sites is 1. The third-order valence-electron chi connectivity index (χ3n) is 3.81. The smallest absolute Gasteiger partial charge is 0.208 e. The molecule has 1 aromatic heterocycles. The highest BCUT2D eigenvalue weighted by atomic mass is 32.2. The zero-order valence-electron chi connectivity index (χ0n) is 13.4. The number of aromatic nitrogens is 1. The predicted molar refractivity (Wildman–Crippen MR) is 102 cm³/mol. The zero-order valence-corrected chi connectivity index (χ0v) is 15.0. The van der Waals surface area contributed by atoms with E-state index >= 15 is 0 Å². The van der Waals surface area contributed by atoms with Crippen LogP contribution in [0.25, 0.3) is 11.1 Å². The van der Waals surface area contributed by atoms with Crippen molar-refractivity contribution in [3.05, 3.63) is 64.4 Å². The zero-order chi connectivity index (χ0) is 17.9. The largest absolute Gasteiger partial charge is 0.349 e. The van der Waals surface area contributed by atoms with Gasteiger partial charge in [-0.3, -0.25) is 0 Å². The van der Waals surface area contributed by atoms with Crippen LogP contribution in [0, 0.1) is 17.1 Å². The van der Waals surface area contributed by atoms with Crippen molar-refractivity contribution in [1.82, 2.24) is 10.3 Å². The molecule has 2 N–H and O–H groups in total. The molecule has 0 atom stereocenters.